The molecule has 0 bridgehead atoms. The smallest absolute Gasteiger partial charge is 0.306 e. The first-order valence-electron chi connectivity index (χ1n) is 15.9. The molecule has 4 heteroatoms. The van der Waals surface area contributed by atoms with Crippen LogP contribution in [0.1, 0.15) is 135 Å². The highest BCUT2D eigenvalue weighted by molar-refractivity contribution is 5.69. The number of unbranched alkanes of at least 4 members (excludes halogenated alkanes) is 9. The second-order valence-electron chi connectivity index (χ2n) is 10.5. The summed E-state index contributed by atoms with van der Waals surface area (Å²) >= 11 is 0. The van der Waals surface area contributed by atoms with Crippen LogP contribution in [0.15, 0.2) is 72.9 Å². The van der Waals surface area contributed by atoms with Gasteiger partial charge in [0.05, 0.1) is 5.92 Å². The third-order valence-electron chi connectivity index (χ3n) is 6.79. The summed E-state index contributed by atoms with van der Waals surface area (Å²) in [4.78, 5) is 22.1. The van der Waals surface area contributed by atoms with Crippen molar-refractivity contribution in [2.75, 3.05) is 0 Å². The van der Waals surface area contributed by atoms with Gasteiger partial charge in [-0.15, -0.1) is 0 Å². The van der Waals surface area contributed by atoms with E-state index in [0.717, 1.165) is 96.3 Å². The van der Waals surface area contributed by atoms with E-state index in [4.69, 9.17) is 5.11 Å². The Bertz CT molecular complexity index is 770. The van der Waals surface area contributed by atoms with Crippen molar-refractivity contribution in [1.82, 2.24) is 0 Å². The zero-order valence-electron chi connectivity index (χ0n) is 25.4. The molecule has 0 radical (unpaired) electrons. The normalized spacial score (nSPS) is 13.3. The van der Waals surface area contributed by atoms with Crippen LogP contribution in [-0.4, -0.2) is 22.2 Å². The summed E-state index contributed by atoms with van der Waals surface area (Å²) in [6.45, 7) is 2.15. The monoisotopic (exact) mass is 554 g/mol. The second-order valence-corrected chi connectivity index (χ2v) is 10.5. The number of carboxylic acids is 2. The zero-order valence-corrected chi connectivity index (χ0v) is 25.4. The highest BCUT2D eigenvalue weighted by atomic mass is 16.4. The molecule has 40 heavy (non-hydrogen) atoms. The Morgan fingerprint density at radius 2 is 0.925 bits per heavy atom. The summed E-state index contributed by atoms with van der Waals surface area (Å²) in [6, 6.07) is 0. The molecule has 0 saturated carbocycles. The molecule has 1 unspecified atom stereocenters. The Morgan fingerprint density at radius 3 is 1.43 bits per heavy atom. The lowest BCUT2D eigenvalue weighted by molar-refractivity contribution is -0.142. The predicted octanol–water partition coefficient (Wildman–Crippen LogP) is 10.9. The molecule has 226 valence electrons. The van der Waals surface area contributed by atoms with Crippen molar-refractivity contribution >= 4 is 11.9 Å². The lowest BCUT2D eigenvalue weighted by atomic mass is 9.95. The Balaban J connectivity index is 3.70. The van der Waals surface area contributed by atoms with Crippen molar-refractivity contribution in [2.45, 2.75) is 135 Å². The maximum atomic E-state index is 11.6. The van der Waals surface area contributed by atoms with Gasteiger partial charge in [-0.1, -0.05) is 118 Å². The van der Waals surface area contributed by atoms with E-state index in [1.54, 1.807) is 0 Å². The molecular formula is C36H58O4. The van der Waals surface area contributed by atoms with Gasteiger partial charge in [0.1, 0.15) is 0 Å². The van der Waals surface area contributed by atoms with E-state index in [1.807, 2.05) is 0 Å². The number of rotatable bonds is 28. The standard InChI is InChI=1S/C36H58O4/c1-2-3-4-5-6-7-8-9-13-16-19-22-25-28-31-34(36(39)40)32-29-26-23-20-17-14-11-10-12-15-18-21-24-27-30-33-35(37)38/h3-4,6-7,9-10,12-14,17,23,26,34H,2,5,8,11,15-16,18-22,24-25,27-33H2,1H3,(H,37,38)(H,39,40)/b4-3?,7-6?,12-10-,13-9?,17-14-,26-23-. The van der Waals surface area contributed by atoms with Crippen LogP contribution in [0, 0.1) is 5.92 Å². The molecule has 0 rings (SSSR count). The summed E-state index contributed by atoms with van der Waals surface area (Å²) in [7, 11) is 0. The van der Waals surface area contributed by atoms with E-state index in [0.29, 0.717) is 6.42 Å². The molecular weight excluding hydrogens is 496 g/mol. The van der Waals surface area contributed by atoms with Crippen LogP contribution < -0.4 is 0 Å². The SMILES string of the molecule is CCC=CCC=CCC=CCCCCCCC(CC/C=C\C/C=C\C/C=C\CCCCCCCC(=O)O)C(=O)O. The molecule has 4 nitrogen and oxygen atoms in total. The Morgan fingerprint density at radius 1 is 0.500 bits per heavy atom. The van der Waals surface area contributed by atoms with Crippen LogP contribution in [0.25, 0.3) is 0 Å². The number of aliphatic carboxylic acids is 2. The predicted molar refractivity (Wildman–Crippen MR) is 172 cm³/mol. The van der Waals surface area contributed by atoms with E-state index in [2.05, 4.69) is 79.8 Å². The van der Waals surface area contributed by atoms with Crippen molar-refractivity contribution in [2.24, 2.45) is 5.92 Å². The van der Waals surface area contributed by atoms with E-state index in [1.165, 1.54) is 25.7 Å². The minimum absolute atomic E-state index is 0.228. The Hall–Kier alpha value is -2.62. The number of allylic oxidation sites excluding steroid dienone is 12. The molecule has 0 aliphatic heterocycles. The molecule has 0 heterocycles. The minimum Gasteiger partial charge on any atom is -0.481 e. The zero-order chi connectivity index (χ0) is 29.4. The third kappa shape index (κ3) is 29.9. The average Bonchev–Trinajstić information content (AvgIpc) is 2.93. The van der Waals surface area contributed by atoms with E-state index in [9.17, 15) is 14.7 Å². The molecule has 0 amide bonds. The first-order valence-corrected chi connectivity index (χ1v) is 15.9. The molecule has 0 aromatic heterocycles. The first-order chi connectivity index (χ1) is 19.6. The Kier molecular flexibility index (Phi) is 28.9. The van der Waals surface area contributed by atoms with Crippen LogP contribution in [0.5, 0.6) is 0 Å². The van der Waals surface area contributed by atoms with Crippen molar-refractivity contribution in [1.29, 1.82) is 0 Å². The van der Waals surface area contributed by atoms with Crippen molar-refractivity contribution in [3.8, 4) is 0 Å². The number of carboxylic acid groups (broad SMARTS) is 2. The molecule has 0 saturated heterocycles. The fourth-order valence-electron chi connectivity index (χ4n) is 4.37. The average molecular weight is 555 g/mol. The van der Waals surface area contributed by atoms with Gasteiger partial charge in [0, 0.05) is 6.42 Å². The molecule has 0 aromatic rings. The summed E-state index contributed by atoms with van der Waals surface area (Å²) in [5, 5.41) is 18.2. The molecule has 0 aliphatic rings. The largest absolute Gasteiger partial charge is 0.481 e. The highest BCUT2D eigenvalue weighted by Gasteiger charge is 2.15. The minimum atomic E-state index is -0.694. The molecule has 2 N–H and O–H groups in total. The molecule has 0 fully saturated rings. The number of carbonyl (C=O) groups is 2. The van der Waals surface area contributed by atoms with Crippen molar-refractivity contribution in [3.63, 3.8) is 0 Å². The van der Waals surface area contributed by atoms with Crippen LogP contribution >= 0.6 is 0 Å². The number of hydrogen-bond acceptors (Lipinski definition) is 2. The maximum Gasteiger partial charge on any atom is 0.306 e. The van der Waals surface area contributed by atoms with Crippen molar-refractivity contribution in [3.05, 3.63) is 72.9 Å². The second kappa shape index (κ2) is 30.9. The van der Waals surface area contributed by atoms with Gasteiger partial charge < -0.3 is 10.2 Å². The van der Waals surface area contributed by atoms with Gasteiger partial charge in [-0.3, -0.25) is 9.59 Å². The van der Waals surface area contributed by atoms with Gasteiger partial charge in [0.15, 0.2) is 0 Å². The maximum absolute atomic E-state index is 11.6. The van der Waals surface area contributed by atoms with Gasteiger partial charge >= 0.3 is 11.9 Å². The van der Waals surface area contributed by atoms with E-state index >= 15 is 0 Å². The lowest BCUT2D eigenvalue weighted by Crippen LogP contribution is -2.13. The highest BCUT2D eigenvalue weighted by Crippen LogP contribution is 2.17. The van der Waals surface area contributed by atoms with Crippen LogP contribution in [0.2, 0.25) is 0 Å². The first kappa shape index (κ1) is 37.4. The molecule has 0 aliphatic carbocycles. The summed E-state index contributed by atoms with van der Waals surface area (Å²) in [6.07, 6.45) is 45.9. The van der Waals surface area contributed by atoms with Gasteiger partial charge in [-0.05, 0) is 83.5 Å². The van der Waals surface area contributed by atoms with Crippen LogP contribution in [-0.2, 0) is 9.59 Å². The molecule has 1 atom stereocenters. The van der Waals surface area contributed by atoms with E-state index < -0.39 is 11.9 Å². The summed E-state index contributed by atoms with van der Waals surface area (Å²) in [5.41, 5.74) is 0. The van der Waals surface area contributed by atoms with Crippen molar-refractivity contribution < 1.29 is 19.8 Å². The van der Waals surface area contributed by atoms with Gasteiger partial charge in [0.2, 0.25) is 0 Å². The van der Waals surface area contributed by atoms with E-state index in [-0.39, 0.29) is 5.92 Å². The van der Waals surface area contributed by atoms with Gasteiger partial charge in [0.25, 0.3) is 0 Å². The van der Waals surface area contributed by atoms with Crippen LogP contribution in [0.4, 0.5) is 0 Å². The van der Waals surface area contributed by atoms with Gasteiger partial charge in [-0.25, -0.2) is 0 Å². The lowest BCUT2D eigenvalue weighted by Gasteiger charge is -2.10. The summed E-state index contributed by atoms with van der Waals surface area (Å²) in [5.74, 6) is -1.58. The van der Waals surface area contributed by atoms with Crippen LogP contribution in [0.3, 0.4) is 0 Å². The Labute approximate surface area is 245 Å². The third-order valence-corrected chi connectivity index (χ3v) is 6.79. The number of hydrogen-bond donors (Lipinski definition) is 2. The summed E-state index contributed by atoms with van der Waals surface area (Å²) < 4.78 is 0. The molecule has 0 spiro atoms. The fourth-order valence-corrected chi connectivity index (χ4v) is 4.37. The quantitative estimate of drug-likeness (QED) is 0.0745. The molecule has 0 aromatic carbocycles. The topological polar surface area (TPSA) is 74.6 Å². The fraction of sp³-hybridized carbons (Fsp3) is 0.611. The van der Waals surface area contributed by atoms with Gasteiger partial charge in [-0.2, -0.15) is 0 Å².